The molecule has 0 amide bonds. The van der Waals surface area contributed by atoms with Crippen LogP contribution in [-0.2, 0) is 14.9 Å². The molecule has 1 aromatic rings. The maximum atomic E-state index is 8.83. The summed E-state index contributed by atoms with van der Waals surface area (Å²) in [6.45, 7) is 6.74. The van der Waals surface area contributed by atoms with E-state index in [0.717, 1.165) is 31.0 Å². The highest BCUT2D eigenvalue weighted by Crippen LogP contribution is 2.37. The van der Waals surface area contributed by atoms with E-state index in [1.54, 1.807) is 0 Å². The molecule has 0 aromatic heterocycles. The van der Waals surface area contributed by atoms with Crippen LogP contribution in [0.5, 0.6) is 5.75 Å². The van der Waals surface area contributed by atoms with Crippen molar-refractivity contribution in [2.75, 3.05) is 26.4 Å². The molecule has 136 valence electrons. The molecular weight excluding hydrogens is 316 g/mol. The number of rotatable bonds is 9. The first-order valence-electron chi connectivity index (χ1n) is 9.08. The van der Waals surface area contributed by atoms with Crippen molar-refractivity contribution >= 4 is 0 Å². The molecule has 3 rings (SSSR count). The fourth-order valence-electron chi connectivity index (χ4n) is 3.03. The highest BCUT2D eigenvalue weighted by molar-refractivity contribution is 5.40. The van der Waals surface area contributed by atoms with Crippen LogP contribution < -0.4 is 4.74 Å². The topological polar surface area (TPSA) is 51.2 Å². The third-order valence-electron chi connectivity index (χ3n) is 4.92. The third-order valence-corrected chi connectivity index (χ3v) is 4.92. The van der Waals surface area contributed by atoms with Gasteiger partial charge >= 0.3 is 0 Å². The number of aliphatic hydroxyl groups excluding tert-OH is 1. The van der Waals surface area contributed by atoms with Crippen LogP contribution in [-0.4, -0.2) is 37.6 Å². The van der Waals surface area contributed by atoms with Gasteiger partial charge in [0.15, 0.2) is 0 Å². The third kappa shape index (κ3) is 4.86. The van der Waals surface area contributed by atoms with Crippen LogP contribution in [0.3, 0.4) is 0 Å². The fourth-order valence-corrected chi connectivity index (χ4v) is 3.03. The van der Waals surface area contributed by atoms with Gasteiger partial charge in [-0.3, -0.25) is 0 Å². The van der Waals surface area contributed by atoms with Crippen molar-refractivity contribution in [2.45, 2.75) is 44.6 Å². The fraction of sp³-hybridized carbons (Fsp3) is 0.524. The van der Waals surface area contributed by atoms with E-state index in [0.29, 0.717) is 19.6 Å². The summed E-state index contributed by atoms with van der Waals surface area (Å²) in [7, 11) is 0. The normalized spacial score (nSPS) is 19.9. The van der Waals surface area contributed by atoms with E-state index in [-0.39, 0.29) is 18.1 Å². The van der Waals surface area contributed by atoms with Crippen LogP contribution >= 0.6 is 0 Å². The summed E-state index contributed by atoms with van der Waals surface area (Å²) in [6.07, 6.45) is 7.14. The van der Waals surface area contributed by atoms with Crippen LogP contribution in [0.1, 0.15) is 38.7 Å². The van der Waals surface area contributed by atoms with Crippen molar-refractivity contribution in [1.82, 2.24) is 0 Å². The SMILES string of the molecule is CC(C)(C1=CC=C(OCCCO)CC1)c1ccc(OCC2CO2)cc1. The highest BCUT2D eigenvalue weighted by Gasteiger charge is 2.27. The molecule has 25 heavy (non-hydrogen) atoms. The Morgan fingerprint density at radius 2 is 1.88 bits per heavy atom. The molecule has 1 aliphatic heterocycles. The van der Waals surface area contributed by atoms with Crippen LogP contribution in [0.25, 0.3) is 0 Å². The van der Waals surface area contributed by atoms with Crippen LogP contribution in [0.4, 0.5) is 0 Å². The van der Waals surface area contributed by atoms with E-state index in [4.69, 9.17) is 19.3 Å². The average Bonchev–Trinajstić information content (AvgIpc) is 3.45. The largest absolute Gasteiger partial charge is 0.498 e. The predicted octanol–water partition coefficient (Wildman–Crippen LogP) is 3.74. The molecule has 4 nitrogen and oxygen atoms in total. The molecule has 0 bridgehead atoms. The Morgan fingerprint density at radius 3 is 2.48 bits per heavy atom. The molecule has 1 unspecified atom stereocenters. The number of benzene rings is 1. The quantitative estimate of drug-likeness (QED) is 0.548. The summed E-state index contributed by atoms with van der Waals surface area (Å²) in [6, 6.07) is 8.39. The molecule has 1 aliphatic carbocycles. The number of hydrogen-bond acceptors (Lipinski definition) is 4. The zero-order chi connectivity index (χ0) is 17.7. The lowest BCUT2D eigenvalue weighted by Crippen LogP contribution is -2.22. The summed E-state index contributed by atoms with van der Waals surface area (Å²) < 4.78 is 16.6. The number of aliphatic hydroxyl groups is 1. The smallest absolute Gasteiger partial charge is 0.119 e. The van der Waals surface area contributed by atoms with E-state index in [2.05, 4.69) is 38.1 Å². The maximum absolute atomic E-state index is 8.83. The van der Waals surface area contributed by atoms with E-state index >= 15 is 0 Å². The zero-order valence-electron chi connectivity index (χ0n) is 15.2. The molecular formula is C21H28O4. The van der Waals surface area contributed by atoms with Crippen molar-refractivity contribution in [3.05, 3.63) is 53.3 Å². The van der Waals surface area contributed by atoms with E-state index in [1.165, 1.54) is 11.1 Å². The molecule has 0 saturated carbocycles. The van der Waals surface area contributed by atoms with E-state index < -0.39 is 0 Å². The molecule has 1 saturated heterocycles. The standard InChI is InChI=1S/C21H28O4/c1-21(2,16-4-8-18(9-5-16)23-13-3-12-22)17-6-10-19(11-7-17)24-14-20-15-25-20/h4,6-8,10-11,20,22H,3,5,9,12-15H2,1-2H3. The summed E-state index contributed by atoms with van der Waals surface area (Å²) in [4.78, 5) is 0. The Labute approximate surface area is 150 Å². The van der Waals surface area contributed by atoms with Gasteiger partial charge in [-0.1, -0.05) is 37.6 Å². The number of epoxide rings is 1. The molecule has 1 fully saturated rings. The molecule has 0 spiro atoms. The monoisotopic (exact) mass is 344 g/mol. The summed E-state index contributed by atoms with van der Waals surface area (Å²) >= 11 is 0. The second-order valence-electron chi connectivity index (χ2n) is 7.17. The van der Waals surface area contributed by atoms with Crippen LogP contribution in [0.2, 0.25) is 0 Å². The van der Waals surface area contributed by atoms with E-state index in [9.17, 15) is 0 Å². The highest BCUT2D eigenvalue weighted by atomic mass is 16.6. The van der Waals surface area contributed by atoms with Gasteiger partial charge in [0, 0.05) is 24.9 Å². The van der Waals surface area contributed by atoms with Crippen molar-refractivity contribution in [3.8, 4) is 5.75 Å². The molecule has 2 aliphatic rings. The lowest BCUT2D eigenvalue weighted by molar-refractivity contribution is 0.168. The van der Waals surface area contributed by atoms with E-state index in [1.807, 2.05) is 12.1 Å². The minimum Gasteiger partial charge on any atom is -0.498 e. The Kier molecular flexibility index (Phi) is 5.82. The lowest BCUT2D eigenvalue weighted by Gasteiger charge is -2.31. The summed E-state index contributed by atoms with van der Waals surface area (Å²) in [5, 5.41) is 8.83. The Bertz CT molecular complexity index is 624. The Hall–Kier alpha value is -1.78. The van der Waals surface area contributed by atoms with Gasteiger partial charge < -0.3 is 19.3 Å². The number of allylic oxidation sites excluding steroid dienone is 4. The Morgan fingerprint density at radius 1 is 1.12 bits per heavy atom. The first-order valence-corrected chi connectivity index (χ1v) is 9.08. The van der Waals surface area contributed by atoms with Crippen molar-refractivity contribution < 1.29 is 19.3 Å². The van der Waals surface area contributed by atoms with Gasteiger partial charge in [-0.05, 0) is 30.2 Å². The van der Waals surface area contributed by atoms with Crippen molar-refractivity contribution in [2.24, 2.45) is 0 Å². The lowest BCUT2D eigenvalue weighted by atomic mass is 9.74. The predicted molar refractivity (Wildman–Crippen MR) is 97.8 cm³/mol. The van der Waals surface area contributed by atoms with Gasteiger partial charge in [-0.25, -0.2) is 0 Å². The molecule has 0 radical (unpaired) electrons. The molecule has 1 N–H and O–H groups in total. The average molecular weight is 344 g/mol. The molecule has 1 atom stereocenters. The summed E-state index contributed by atoms with van der Waals surface area (Å²) in [5.41, 5.74) is 2.67. The summed E-state index contributed by atoms with van der Waals surface area (Å²) in [5.74, 6) is 1.91. The van der Waals surface area contributed by atoms with Gasteiger partial charge in [-0.2, -0.15) is 0 Å². The van der Waals surface area contributed by atoms with Gasteiger partial charge in [0.05, 0.1) is 19.0 Å². The second-order valence-corrected chi connectivity index (χ2v) is 7.17. The first kappa shape index (κ1) is 18.0. The van der Waals surface area contributed by atoms with Gasteiger partial charge in [0.2, 0.25) is 0 Å². The zero-order valence-corrected chi connectivity index (χ0v) is 15.2. The minimum atomic E-state index is -0.0226. The Balaban J connectivity index is 1.62. The molecule has 1 heterocycles. The van der Waals surface area contributed by atoms with Crippen molar-refractivity contribution in [3.63, 3.8) is 0 Å². The van der Waals surface area contributed by atoms with Gasteiger partial charge in [0.1, 0.15) is 18.5 Å². The number of hydrogen-bond donors (Lipinski definition) is 1. The van der Waals surface area contributed by atoms with Crippen molar-refractivity contribution in [1.29, 1.82) is 0 Å². The number of ether oxygens (including phenoxy) is 3. The van der Waals surface area contributed by atoms with Crippen LogP contribution in [0, 0.1) is 0 Å². The van der Waals surface area contributed by atoms with Gasteiger partial charge in [-0.15, -0.1) is 0 Å². The van der Waals surface area contributed by atoms with Crippen LogP contribution in [0.15, 0.2) is 47.7 Å². The second kappa shape index (κ2) is 8.07. The molecule has 1 aromatic carbocycles. The minimum absolute atomic E-state index is 0.0226. The molecule has 4 heteroatoms. The van der Waals surface area contributed by atoms with Gasteiger partial charge in [0.25, 0.3) is 0 Å². The maximum Gasteiger partial charge on any atom is 0.119 e. The first-order chi connectivity index (χ1) is 12.1.